The molecule has 0 radical (unpaired) electrons. The van der Waals surface area contributed by atoms with Crippen LogP contribution in [0.15, 0.2) is 10.5 Å². The van der Waals surface area contributed by atoms with E-state index < -0.39 is 6.10 Å². The fourth-order valence-corrected chi connectivity index (χ4v) is 5.02. The highest BCUT2D eigenvalue weighted by molar-refractivity contribution is 7.77. The molecule has 29 heavy (non-hydrogen) atoms. The zero-order valence-electron chi connectivity index (χ0n) is 16.4. The van der Waals surface area contributed by atoms with Gasteiger partial charge in [0.05, 0.1) is 6.10 Å². The highest BCUT2D eigenvalue weighted by Gasteiger charge is 2.31. The van der Waals surface area contributed by atoms with E-state index in [1.807, 2.05) is 0 Å². The van der Waals surface area contributed by atoms with E-state index in [-0.39, 0.29) is 17.5 Å². The number of carbonyl (C=O) groups is 1. The number of aryl methyl sites for hydroxylation is 1. The van der Waals surface area contributed by atoms with Crippen molar-refractivity contribution >= 4 is 24.4 Å². The Labute approximate surface area is 175 Å². The minimum absolute atomic E-state index is 0.0409. The molecule has 0 fully saturated rings. The molecule has 1 atom stereocenters. The van der Waals surface area contributed by atoms with Gasteiger partial charge in [0.1, 0.15) is 11.6 Å². The highest BCUT2D eigenvalue weighted by Crippen LogP contribution is 2.41. The van der Waals surface area contributed by atoms with Gasteiger partial charge in [-0.1, -0.05) is 6.42 Å². The van der Waals surface area contributed by atoms with Crippen LogP contribution in [0.3, 0.4) is 0 Å². The summed E-state index contributed by atoms with van der Waals surface area (Å²) in [6.45, 7) is 0. The lowest BCUT2D eigenvalue weighted by molar-refractivity contribution is 0.0994. The van der Waals surface area contributed by atoms with Gasteiger partial charge in [0.25, 0.3) is 5.91 Å². The fourth-order valence-electron chi connectivity index (χ4n) is 5.02. The quantitative estimate of drug-likeness (QED) is 0.435. The zero-order chi connectivity index (χ0) is 20.5. The first kappa shape index (κ1) is 20.4. The second kappa shape index (κ2) is 8.50. The number of thiol groups is 1. The molecular weight excluding hydrogens is 391 g/mol. The standard InChI is InChI=1S/C22H24FNO3.H3NS/c23-20-12-5-3-7-14(12)21(15-8-4-6-13(15)20)24-22(26)19-11-16-17(25)9-1-2-10-18(16)27-19;1-2/h11,17,25H,1-10H2,(H,24,26);2H,1H2. The van der Waals surface area contributed by atoms with Crippen molar-refractivity contribution in [3.8, 4) is 0 Å². The number of benzene rings is 1. The van der Waals surface area contributed by atoms with Crippen LogP contribution in [-0.2, 0) is 32.1 Å². The van der Waals surface area contributed by atoms with Gasteiger partial charge in [-0.25, -0.2) is 4.39 Å². The molecule has 4 N–H and O–H groups in total. The monoisotopic (exact) mass is 418 g/mol. The van der Waals surface area contributed by atoms with Crippen LogP contribution in [-0.4, -0.2) is 11.0 Å². The molecule has 1 unspecified atom stereocenters. The lowest BCUT2D eigenvalue weighted by Gasteiger charge is -2.16. The Morgan fingerprint density at radius 1 is 1.03 bits per heavy atom. The molecule has 0 saturated heterocycles. The van der Waals surface area contributed by atoms with E-state index in [1.165, 1.54) is 0 Å². The van der Waals surface area contributed by atoms with Gasteiger partial charge in [-0.3, -0.25) is 9.93 Å². The molecule has 1 amide bonds. The van der Waals surface area contributed by atoms with Crippen molar-refractivity contribution in [3.05, 3.63) is 51.2 Å². The topological polar surface area (TPSA) is 88.5 Å². The van der Waals surface area contributed by atoms with E-state index in [0.29, 0.717) is 6.42 Å². The van der Waals surface area contributed by atoms with Crippen molar-refractivity contribution in [1.82, 2.24) is 0 Å². The van der Waals surface area contributed by atoms with Crippen LogP contribution < -0.4 is 10.5 Å². The summed E-state index contributed by atoms with van der Waals surface area (Å²) in [6, 6.07) is 1.69. The van der Waals surface area contributed by atoms with E-state index in [4.69, 9.17) is 4.42 Å². The number of fused-ring (bicyclic) bond motifs is 3. The third-order valence-electron chi connectivity index (χ3n) is 6.36. The van der Waals surface area contributed by atoms with Gasteiger partial charge in [-0.15, -0.1) is 12.8 Å². The second-order valence-corrected chi connectivity index (χ2v) is 8.02. The normalized spacial score (nSPS) is 19.5. The third kappa shape index (κ3) is 3.60. The van der Waals surface area contributed by atoms with E-state index in [0.717, 1.165) is 97.1 Å². The molecule has 1 heterocycles. The maximum atomic E-state index is 14.8. The van der Waals surface area contributed by atoms with Crippen LogP contribution in [0, 0.1) is 5.82 Å². The number of nitrogens with one attached hydrogen (secondary N) is 1. The van der Waals surface area contributed by atoms with Crippen LogP contribution in [0.25, 0.3) is 0 Å². The smallest absolute Gasteiger partial charge is 0.291 e. The summed E-state index contributed by atoms with van der Waals surface area (Å²) in [6.07, 6.45) is 7.78. The summed E-state index contributed by atoms with van der Waals surface area (Å²) in [7, 11) is 0. The number of carbonyl (C=O) groups excluding carboxylic acids is 1. The number of amides is 1. The molecule has 3 aliphatic carbocycles. The number of hydrogen-bond donors (Lipinski definition) is 4. The first-order valence-electron chi connectivity index (χ1n) is 10.4. The predicted octanol–water partition coefficient (Wildman–Crippen LogP) is 4.20. The summed E-state index contributed by atoms with van der Waals surface area (Å²) in [5.41, 5.74) is 5.07. The Morgan fingerprint density at radius 2 is 1.66 bits per heavy atom. The van der Waals surface area contributed by atoms with Crippen LogP contribution in [0.4, 0.5) is 10.1 Å². The molecule has 0 saturated carbocycles. The Kier molecular flexibility index (Phi) is 5.99. The van der Waals surface area contributed by atoms with Crippen molar-refractivity contribution in [2.45, 2.75) is 70.3 Å². The Bertz CT molecular complexity index is 906. The van der Waals surface area contributed by atoms with Crippen LogP contribution in [0.1, 0.15) is 82.3 Å². The van der Waals surface area contributed by atoms with Crippen molar-refractivity contribution < 1.29 is 18.7 Å². The van der Waals surface area contributed by atoms with E-state index in [2.05, 4.69) is 23.3 Å². The lowest BCUT2D eigenvalue weighted by atomic mass is 9.97. The number of nitrogens with two attached hydrogens (primary N) is 1. The molecule has 5 nitrogen and oxygen atoms in total. The van der Waals surface area contributed by atoms with Gasteiger partial charge in [-0.2, -0.15) is 0 Å². The van der Waals surface area contributed by atoms with Crippen LogP contribution >= 0.6 is 12.8 Å². The first-order valence-corrected chi connectivity index (χ1v) is 10.9. The SMILES string of the molecule is NS.O=C(Nc1c2c(c(F)c3c1CCC3)CCC2)c1cc2c(o1)CCCCC2O. The van der Waals surface area contributed by atoms with E-state index in [9.17, 15) is 14.3 Å². The largest absolute Gasteiger partial charge is 0.456 e. The van der Waals surface area contributed by atoms with Crippen molar-refractivity contribution in [2.75, 3.05) is 5.32 Å². The van der Waals surface area contributed by atoms with Gasteiger partial charge in [0.2, 0.25) is 0 Å². The maximum Gasteiger partial charge on any atom is 0.291 e. The van der Waals surface area contributed by atoms with Crippen molar-refractivity contribution in [2.24, 2.45) is 5.14 Å². The van der Waals surface area contributed by atoms with Gasteiger partial charge >= 0.3 is 0 Å². The fraction of sp³-hybridized carbons (Fsp3) is 0.500. The molecular formula is C22H27FN2O3S. The number of hydrogen-bond acceptors (Lipinski definition) is 5. The first-order chi connectivity index (χ1) is 14.1. The minimum atomic E-state index is -0.563. The summed E-state index contributed by atoms with van der Waals surface area (Å²) in [4.78, 5) is 12.9. The number of anilines is 1. The number of aliphatic hydroxyl groups excluding tert-OH is 1. The van der Waals surface area contributed by atoms with Crippen molar-refractivity contribution in [1.29, 1.82) is 0 Å². The highest BCUT2D eigenvalue weighted by atomic mass is 32.1. The maximum absolute atomic E-state index is 14.8. The Hall–Kier alpha value is -1.83. The number of aliphatic hydroxyl groups is 1. The molecule has 1 aromatic heterocycles. The molecule has 7 heteroatoms. The summed E-state index contributed by atoms with van der Waals surface area (Å²) >= 11 is 3.03. The number of furan rings is 1. The Balaban J connectivity index is 0.000000994. The van der Waals surface area contributed by atoms with E-state index in [1.54, 1.807) is 6.07 Å². The zero-order valence-corrected chi connectivity index (χ0v) is 17.3. The lowest BCUT2D eigenvalue weighted by Crippen LogP contribution is -2.15. The molecule has 0 bridgehead atoms. The summed E-state index contributed by atoms with van der Waals surface area (Å²) in [5, 5.41) is 17.5. The summed E-state index contributed by atoms with van der Waals surface area (Å²) < 4.78 is 20.6. The average Bonchev–Trinajstić information content (AvgIpc) is 3.47. The summed E-state index contributed by atoms with van der Waals surface area (Å²) in [5.74, 6) is 0.620. The molecule has 0 spiro atoms. The number of rotatable bonds is 2. The third-order valence-corrected chi connectivity index (χ3v) is 6.36. The molecule has 156 valence electrons. The van der Waals surface area contributed by atoms with Gasteiger partial charge in [0, 0.05) is 17.7 Å². The van der Waals surface area contributed by atoms with Gasteiger partial charge < -0.3 is 14.8 Å². The molecule has 0 aliphatic heterocycles. The average molecular weight is 419 g/mol. The molecule has 2 aromatic rings. The van der Waals surface area contributed by atoms with Gasteiger partial charge in [0.15, 0.2) is 5.76 Å². The predicted molar refractivity (Wildman–Crippen MR) is 113 cm³/mol. The van der Waals surface area contributed by atoms with Crippen LogP contribution in [0.5, 0.6) is 0 Å². The molecule has 1 aromatic carbocycles. The number of halogens is 1. The second-order valence-electron chi connectivity index (χ2n) is 8.02. The molecule has 3 aliphatic rings. The van der Waals surface area contributed by atoms with Crippen LogP contribution in [0.2, 0.25) is 0 Å². The Morgan fingerprint density at radius 3 is 2.31 bits per heavy atom. The minimum Gasteiger partial charge on any atom is -0.456 e. The molecule has 5 rings (SSSR count). The van der Waals surface area contributed by atoms with E-state index >= 15 is 0 Å². The van der Waals surface area contributed by atoms with Gasteiger partial charge in [-0.05, 0) is 79.7 Å². The van der Waals surface area contributed by atoms with Crippen molar-refractivity contribution in [3.63, 3.8) is 0 Å².